The van der Waals surface area contributed by atoms with Crippen LogP contribution in [0.4, 0.5) is 0 Å². The molecule has 2 amide bonds. The number of likely N-dealkylation sites (tertiary alicyclic amines) is 1. The minimum atomic E-state index is -0.291. The lowest BCUT2D eigenvalue weighted by molar-refractivity contribution is -0.132. The average molecular weight is 326 g/mol. The van der Waals surface area contributed by atoms with E-state index >= 15 is 0 Å². The van der Waals surface area contributed by atoms with Crippen molar-refractivity contribution < 1.29 is 9.59 Å². The van der Waals surface area contributed by atoms with E-state index in [2.05, 4.69) is 29.6 Å². The Labute approximate surface area is 137 Å². The third kappa shape index (κ3) is 5.31. The minimum absolute atomic E-state index is 0. The van der Waals surface area contributed by atoms with Crippen LogP contribution in [0.1, 0.15) is 30.7 Å². The summed E-state index contributed by atoms with van der Waals surface area (Å²) in [7, 11) is 0. The molecule has 1 saturated heterocycles. The van der Waals surface area contributed by atoms with Crippen molar-refractivity contribution in [2.24, 2.45) is 5.73 Å². The van der Waals surface area contributed by atoms with Crippen molar-refractivity contribution >= 4 is 24.2 Å². The summed E-state index contributed by atoms with van der Waals surface area (Å²) in [6.45, 7) is 1.48. The van der Waals surface area contributed by atoms with Crippen LogP contribution in [0.25, 0.3) is 0 Å². The Balaban J connectivity index is 0.00000242. The number of carbonyl (C=O) groups is 2. The number of rotatable bonds is 4. The molecule has 0 radical (unpaired) electrons. The predicted molar refractivity (Wildman–Crippen MR) is 88.9 cm³/mol. The Morgan fingerprint density at radius 2 is 1.91 bits per heavy atom. The molecule has 1 atom stereocenters. The number of carbonyl (C=O) groups excluding carboxylic acids is 2. The Bertz CT molecular complexity index is 482. The zero-order valence-electron chi connectivity index (χ0n) is 12.7. The molecule has 0 aliphatic carbocycles. The first kappa shape index (κ1) is 18.5. The lowest BCUT2D eigenvalue weighted by atomic mass is 9.92. The second-order valence-electron chi connectivity index (χ2n) is 5.40. The molecule has 1 unspecified atom stereocenters. The first-order valence-corrected chi connectivity index (χ1v) is 7.50. The molecule has 1 aromatic carbocycles. The molecule has 1 aromatic rings. The summed E-state index contributed by atoms with van der Waals surface area (Å²) in [5.41, 5.74) is 6.56. The van der Waals surface area contributed by atoms with Gasteiger partial charge in [-0.3, -0.25) is 9.59 Å². The summed E-state index contributed by atoms with van der Waals surface area (Å²) < 4.78 is 0. The Morgan fingerprint density at radius 3 is 2.59 bits per heavy atom. The van der Waals surface area contributed by atoms with Gasteiger partial charge in [0.25, 0.3) is 0 Å². The molecule has 6 heteroatoms. The molecule has 0 spiro atoms. The molecule has 22 heavy (non-hydrogen) atoms. The summed E-state index contributed by atoms with van der Waals surface area (Å²) in [5, 5.41) is 2.54. The van der Waals surface area contributed by atoms with E-state index in [1.165, 1.54) is 5.56 Å². The normalized spacial score (nSPS) is 18.0. The van der Waals surface area contributed by atoms with Crippen molar-refractivity contribution in [1.82, 2.24) is 10.2 Å². The maximum absolute atomic E-state index is 12.1. The highest BCUT2D eigenvalue weighted by Crippen LogP contribution is 2.27. The third-order valence-electron chi connectivity index (χ3n) is 3.97. The van der Waals surface area contributed by atoms with Gasteiger partial charge in [0.05, 0.1) is 13.1 Å². The average Bonchev–Trinajstić information content (AvgIpc) is 2.79. The van der Waals surface area contributed by atoms with E-state index in [0.29, 0.717) is 5.92 Å². The van der Waals surface area contributed by atoms with E-state index in [0.717, 1.165) is 32.4 Å². The molecule has 2 rings (SSSR count). The molecular weight excluding hydrogens is 302 g/mol. The van der Waals surface area contributed by atoms with Gasteiger partial charge in [0.15, 0.2) is 0 Å². The molecule has 3 N–H and O–H groups in total. The van der Waals surface area contributed by atoms with Crippen LogP contribution in [0.15, 0.2) is 30.3 Å². The van der Waals surface area contributed by atoms with Gasteiger partial charge >= 0.3 is 0 Å². The topological polar surface area (TPSA) is 75.4 Å². The van der Waals surface area contributed by atoms with Crippen LogP contribution in [0.5, 0.6) is 0 Å². The van der Waals surface area contributed by atoms with Gasteiger partial charge in [-0.1, -0.05) is 30.3 Å². The minimum Gasteiger partial charge on any atom is -0.346 e. The van der Waals surface area contributed by atoms with E-state index in [9.17, 15) is 9.59 Å². The molecule has 5 nitrogen and oxygen atoms in total. The smallest absolute Gasteiger partial charge is 0.241 e. The molecular formula is C16H24ClN3O2. The highest BCUT2D eigenvalue weighted by atomic mass is 35.5. The monoisotopic (exact) mass is 325 g/mol. The van der Waals surface area contributed by atoms with E-state index in [1.54, 1.807) is 0 Å². The van der Waals surface area contributed by atoms with Crippen LogP contribution in [0.3, 0.4) is 0 Å². The highest BCUT2D eigenvalue weighted by molar-refractivity contribution is 5.85. The first-order valence-electron chi connectivity index (χ1n) is 7.50. The Morgan fingerprint density at radius 1 is 1.18 bits per heavy atom. The second-order valence-corrected chi connectivity index (χ2v) is 5.40. The van der Waals surface area contributed by atoms with Crippen LogP contribution in [0, 0.1) is 0 Å². The maximum Gasteiger partial charge on any atom is 0.241 e. The molecule has 122 valence electrons. The summed E-state index contributed by atoms with van der Waals surface area (Å²) >= 11 is 0. The lowest BCUT2D eigenvalue weighted by Crippen LogP contribution is -2.42. The largest absolute Gasteiger partial charge is 0.346 e. The number of benzene rings is 1. The van der Waals surface area contributed by atoms with Crippen molar-refractivity contribution in [3.8, 4) is 0 Å². The van der Waals surface area contributed by atoms with Crippen LogP contribution >= 0.6 is 12.4 Å². The van der Waals surface area contributed by atoms with E-state index in [1.807, 2.05) is 11.0 Å². The van der Waals surface area contributed by atoms with Gasteiger partial charge in [0.2, 0.25) is 11.8 Å². The zero-order valence-corrected chi connectivity index (χ0v) is 13.5. The summed E-state index contributed by atoms with van der Waals surface area (Å²) in [4.78, 5) is 25.0. The molecule has 1 fully saturated rings. The fourth-order valence-corrected chi connectivity index (χ4v) is 2.76. The highest BCUT2D eigenvalue weighted by Gasteiger charge is 2.21. The van der Waals surface area contributed by atoms with E-state index < -0.39 is 0 Å². The zero-order chi connectivity index (χ0) is 15.1. The van der Waals surface area contributed by atoms with Crippen molar-refractivity contribution in [2.45, 2.75) is 25.2 Å². The van der Waals surface area contributed by atoms with Gasteiger partial charge in [0, 0.05) is 13.1 Å². The van der Waals surface area contributed by atoms with E-state index in [4.69, 9.17) is 5.73 Å². The number of nitrogens with two attached hydrogens (primary N) is 1. The van der Waals surface area contributed by atoms with Gasteiger partial charge < -0.3 is 16.0 Å². The van der Waals surface area contributed by atoms with Gasteiger partial charge in [-0.05, 0) is 30.7 Å². The second kappa shape index (κ2) is 9.43. The standard InChI is InChI=1S/C16H23N3O2.ClH/c17-11-15(20)18-12-16(21)19-9-4-7-14(8-10-19)13-5-2-1-3-6-13;/h1-3,5-6,14H,4,7-12,17H2,(H,18,20);1H. The Kier molecular flexibility index (Phi) is 7.91. The molecule has 1 aliphatic heterocycles. The number of hydrogen-bond donors (Lipinski definition) is 2. The van der Waals surface area contributed by atoms with E-state index in [-0.39, 0.29) is 37.3 Å². The number of amides is 2. The maximum atomic E-state index is 12.1. The van der Waals surface area contributed by atoms with Gasteiger partial charge in [-0.25, -0.2) is 0 Å². The Hall–Kier alpha value is -1.59. The van der Waals surface area contributed by atoms with Gasteiger partial charge in [0.1, 0.15) is 0 Å². The van der Waals surface area contributed by atoms with Crippen molar-refractivity contribution in [3.05, 3.63) is 35.9 Å². The van der Waals surface area contributed by atoms with Crippen LogP contribution in [-0.2, 0) is 9.59 Å². The van der Waals surface area contributed by atoms with Crippen molar-refractivity contribution in [3.63, 3.8) is 0 Å². The summed E-state index contributed by atoms with van der Waals surface area (Å²) in [6.07, 6.45) is 3.07. The molecule has 0 bridgehead atoms. The number of nitrogens with zero attached hydrogens (tertiary/aromatic N) is 1. The predicted octanol–water partition coefficient (Wildman–Crippen LogP) is 1.28. The number of hydrogen-bond acceptors (Lipinski definition) is 3. The van der Waals surface area contributed by atoms with Crippen LogP contribution < -0.4 is 11.1 Å². The first-order chi connectivity index (χ1) is 10.2. The number of nitrogens with one attached hydrogen (secondary N) is 1. The van der Waals surface area contributed by atoms with Crippen molar-refractivity contribution in [1.29, 1.82) is 0 Å². The molecule has 1 heterocycles. The molecule has 1 aliphatic rings. The number of halogens is 1. The third-order valence-corrected chi connectivity index (χ3v) is 3.97. The summed E-state index contributed by atoms with van der Waals surface area (Å²) in [5.74, 6) is 0.202. The van der Waals surface area contributed by atoms with Crippen molar-refractivity contribution in [2.75, 3.05) is 26.2 Å². The fourth-order valence-electron chi connectivity index (χ4n) is 2.76. The van der Waals surface area contributed by atoms with Gasteiger partial charge in [-0.15, -0.1) is 12.4 Å². The molecule has 0 aromatic heterocycles. The van der Waals surface area contributed by atoms with Gasteiger partial charge in [-0.2, -0.15) is 0 Å². The van der Waals surface area contributed by atoms with Crippen LogP contribution in [0.2, 0.25) is 0 Å². The quantitative estimate of drug-likeness (QED) is 0.875. The SMILES string of the molecule is Cl.NCC(=O)NCC(=O)N1CCCC(c2ccccc2)CC1. The lowest BCUT2D eigenvalue weighted by Gasteiger charge is -2.21. The fraction of sp³-hybridized carbons (Fsp3) is 0.500. The molecule has 0 saturated carbocycles. The summed E-state index contributed by atoms with van der Waals surface area (Å²) in [6, 6.07) is 10.5. The van der Waals surface area contributed by atoms with Crippen LogP contribution in [-0.4, -0.2) is 42.9 Å².